The van der Waals surface area contributed by atoms with E-state index in [0.717, 1.165) is 49.5 Å². The molecule has 0 heterocycles. The van der Waals surface area contributed by atoms with Crippen molar-refractivity contribution in [3.05, 3.63) is 106 Å². The van der Waals surface area contributed by atoms with E-state index < -0.39 is 15.8 Å². The van der Waals surface area contributed by atoms with Gasteiger partial charge in [-0.15, -0.1) is 0 Å². The number of allylic oxidation sites excluding steroid dienone is 2. The predicted octanol–water partition coefficient (Wildman–Crippen LogP) is 12.7. The molecule has 3 aromatic rings. The van der Waals surface area contributed by atoms with Gasteiger partial charge in [0.05, 0.1) is 16.5 Å². The van der Waals surface area contributed by atoms with E-state index in [2.05, 4.69) is 60.6 Å². The molecule has 0 bridgehead atoms. The van der Waals surface area contributed by atoms with Crippen LogP contribution in [0.5, 0.6) is 0 Å². The summed E-state index contributed by atoms with van der Waals surface area (Å²) in [6.45, 7) is 20.1. The number of hydrogen-bond donors (Lipinski definition) is 0. The van der Waals surface area contributed by atoms with Crippen molar-refractivity contribution in [1.82, 2.24) is 0 Å². The zero-order valence-corrected chi connectivity index (χ0v) is 33.2. The molecule has 0 aliphatic carbocycles. The Balaban J connectivity index is 0.000000667. The van der Waals surface area contributed by atoms with Crippen LogP contribution in [0.25, 0.3) is 5.57 Å². The van der Waals surface area contributed by atoms with E-state index in [1.165, 1.54) is 90.8 Å². The number of benzene rings is 3. The Morgan fingerprint density at radius 1 is 0.860 bits per heavy atom. The van der Waals surface area contributed by atoms with Gasteiger partial charge in [0.15, 0.2) is 15.6 Å². The second-order valence-electron chi connectivity index (χ2n) is 13.0. The lowest BCUT2D eigenvalue weighted by Gasteiger charge is -2.14. The van der Waals surface area contributed by atoms with Gasteiger partial charge >= 0.3 is 0 Å². The maximum atomic E-state index is 12.7. The first-order valence-corrected chi connectivity index (χ1v) is 19.8. The molecule has 0 spiro atoms. The number of Topliss-reactive ketones (excluding diaryl/α,β-unsaturated/α-hetero) is 1. The Morgan fingerprint density at radius 2 is 1.40 bits per heavy atom. The quantitative estimate of drug-likeness (QED) is 0.175. The highest BCUT2D eigenvalue weighted by molar-refractivity contribution is 7.90. The lowest BCUT2D eigenvalue weighted by Crippen LogP contribution is -2.06. The van der Waals surface area contributed by atoms with Gasteiger partial charge in [-0.2, -0.15) is 5.26 Å². The van der Waals surface area contributed by atoms with Crippen molar-refractivity contribution in [2.24, 2.45) is 5.92 Å². The fourth-order valence-electron chi connectivity index (χ4n) is 5.35. The molecule has 0 N–H and O–H groups in total. The van der Waals surface area contributed by atoms with Crippen LogP contribution in [0, 0.1) is 24.2 Å². The van der Waals surface area contributed by atoms with Crippen LogP contribution in [-0.4, -0.2) is 20.5 Å². The number of carbonyl (C=O) groups excluding carboxylic acids is 1. The monoisotopic (exact) mass is 709 g/mol. The van der Waals surface area contributed by atoms with Gasteiger partial charge in [-0.1, -0.05) is 116 Å². The van der Waals surface area contributed by atoms with E-state index in [0.29, 0.717) is 5.56 Å². The van der Waals surface area contributed by atoms with E-state index in [9.17, 15) is 22.0 Å². The molecule has 0 atom stereocenters. The van der Waals surface area contributed by atoms with Crippen molar-refractivity contribution in [1.29, 1.82) is 5.26 Å². The van der Waals surface area contributed by atoms with Crippen molar-refractivity contribution in [2.45, 2.75) is 131 Å². The molecule has 0 saturated heterocycles. The second-order valence-corrected chi connectivity index (χ2v) is 15.0. The SMILES string of the molecule is CCC/C(C)=C(\CC)c1cc(C(C)=O)ccc1C.CCCC(C)CCC.CCc1ccc(C(C)(F)F)cc1.CS(=O)(=O)c1ccc(C#N)cc1. The molecule has 276 valence electrons. The first-order valence-electron chi connectivity index (χ1n) is 17.9. The average molecular weight is 710 g/mol. The van der Waals surface area contributed by atoms with Gasteiger partial charge < -0.3 is 0 Å². The van der Waals surface area contributed by atoms with Gasteiger partial charge in [-0.05, 0) is 98.5 Å². The first kappa shape index (κ1) is 46.4. The fourth-order valence-corrected chi connectivity index (χ4v) is 5.98. The summed E-state index contributed by atoms with van der Waals surface area (Å²) < 4.78 is 47.3. The van der Waals surface area contributed by atoms with Crippen molar-refractivity contribution in [3.8, 4) is 6.07 Å². The van der Waals surface area contributed by atoms with Gasteiger partial charge in [0.25, 0.3) is 5.92 Å². The minimum absolute atomic E-state index is 0.0831. The predicted molar refractivity (Wildman–Crippen MR) is 208 cm³/mol. The zero-order chi connectivity index (χ0) is 38.5. The summed E-state index contributed by atoms with van der Waals surface area (Å²) in [6.07, 6.45) is 10.9. The molecule has 0 saturated carbocycles. The van der Waals surface area contributed by atoms with Crippen LogP contribution in [0.3, 0.4) is 0 Å². The molecule has 0 unspecified atom stereocenters. The summed E-state index contributed by atoms with van der Waals surface area (Å²) in [6, 6.07) is 20.2. The van der Waals surface area contributed by atoms with Gasteiger partial charge in [0.2, 0.25) is 0 Å². The third-order valence-electron chi connectivity index (χ3n) is 8.31. The van der Waals surface area contributed by atoms with Gasteiger partial charge in [-0.3, -0.25) is 4.79 Å². The highest BCUT2D eigenvalue weighted by Crippen LogP contribution is 2.29. The number of sulfone groups is 1. The minimum Gasteiger partial charge on any atom is -0.295 e. The smallest absolute Gasteiger partial charge is 0.270 e. The Bertz CT molecular complexity index is 1610. The zero-order valence-electron chi connectivity index (χ0n) is 32.4. The molecule has 50 heavy (non-hydrogen) atoms. The third-order valence-corrected chi connectivity index (χ3v) is 9.43. The Morgan fingerprint density at radius 3 is 1.78 bits per heavy atom. The molecule has 0 fully saturated rings. The van der Waals surface area contributed by atoms with E-state index in [4.69, 9.17) is 5.26 Å². The lowest BCUT2D eigenvalue weighted by molar-refractivity contribution is 0.0174. The number of halogens is 2. The number of hydrogen-bond acceptors (Lipinski definition) is 4. The van der Waals surface area contributed by atoms with Crippen LogP contribution in [0.15, 0.2) is 77.2 Å². The number of aryl methyl sites for hydroxylation is 2. The summed E-state index contributed by atoms with van der Waals surface area (Å²) in [5, 5.41) is 8.43. The second kappa shape index (κ2) is 23.7. The lowest BCUT2D eigenvalue weighted by atomic mass is 9.91. The fraction of sp³-hybridized carbons (Fsp3) is 0.488. The number of ketones is 1. The van der Waals surface area contributed by atoms with Crippen LogP contribution in [0.4, 0.5) is 8.78 Å². The van der Waals surface area contributed by atoms with E-state index in [1.54, 1.807) is 19.1 Å². The largest absolute Gasteiger partial charge is 0.295 e. The summed E-state index contributed by atoms with van der Waals surface area (Å²) in [7, 11) is -3.14. The minimum atomic E-state index is -3.14. The van der Waals surface area contributed by atoms with Crippen LogP contribution < -0.4 is 0 Å². The number of nitrogens with zero attached hydrogens (tertiary/aromatic N) is 1. The van der Waals surface area contributed by atoms with Crippen molar-refractivity contribution >= 4 is 21.2 Å². The molecule has 0 aliphatic rings. The molecule has 0 aliphatic heterocycles. The summed E-state index contributed by atoms with van der Waals surface area (Å²) in [5.74, 6) is -1.61. The maximum absolute atomic E-state index is 12.7. The maximum Gasteiger partial charge on any atom is 0.270 e. The van der Waals surface area contributed by atoms with Crippen LogP contribution in [0.1, 0.15) is 145 Å². The molecule has 3 rings (SSSR count). The van der Waals surface area contributed by atoms with Crippen LogP contribution in [-0.2, 0) is 22.2 Å². The van der Waals surface area contributed by atoms with Gasteiger partial charge in [-0.25, -0.2) is 17.2 Å². The van der Waals surface area contributed by atoms with E-state index >= 15 is 0 Å². The molecule has 3 aromatic carbocycles. The van der Waals surface area contributed by atoms with Crippen LogP contribution >= 0.6 is 0 Å². The highest BCUT2D eigenvalue weighted by atomic mass is 32.2. The topological polar surface area (TPSA) is 75.0 Å². The van der Waals surface area contributed by atoms with Gasteiger partial charge in [0.1, 0.15) is 0 Å². The molecular formula is C43H61F2NO3S. The number of carbonyl (C=O) groups is 1. The van der Waals surface area contributed by atoms with Crippen molar-refractivity contribution in [3.63, 3.8) is 0 Å². The average Bonchev–Trinajstić information content (AvgIpc) is 3.06. The summed E-state index contributed by atoms with van der Waals surface area (Å²) in [4.78, 5) is 11.7. The first-order chi connectivity index (χ1) is 23.4. The molecule has 7 heteroatoms. The Hall–Kier alpha value is -3.63. The van der Waals surface area contributed by atoms with Crippen LogP contribution in [0.2, 0.25) is 0 Å². The summed E-state index contributed by atoms with van der Waals surface area (Å²) in [5.41, 5.74) is 7.79. The van der Waals surface area contributed by atoms with E-state index in [-0.39, 0.29) is 16.2 Å². The Labute approximate surface area is 303 Å². The normalized spacial score (nSPS) is 11.5. The molecule has 4 nitrogen and oxygen atoms in total. The van der Waals surface area contributed by atoms with E-state index in [1.807, 2.05) is 19.1 Å². The standard InChI is InChI=1S/C17H24O.C10H12F2.C8H7NO2S.C8H18/c1-6-8-12(3)16(7-2)17-11-15(14(5)18)10-9-13(17)4;1-3-8-4-6-9(7-5-8)10(2,11)12;1-12(10,11)8-4-2-7(6-9)3-5-8;1-4-6-8(3)7-5-2/h9-11H,6-8H2,1-5H3;4-7H,3H2,1-2H3;2-5H,1H3;8H,4-7H2,1-3H3/b16-12+;;;. The molecule has 0 amide bonds. The van der Waals surface area contributed by atoms with Gasteiger partial charge in [0, 0.05) is 24.3 Å². The van der Waals surface area contributed by atoms with Crippen molar-refractivity contribution < 1.29 is 22.0 Å². The number of nitriles is 1. The molecule has 0 aromatic heterocycles. The molecular weight excluding hydrogens is 649 g/mol. The Kier molecular flexibility index (Phi) is 22.0. The third kappa shape index (κ3) is 17.9. The van der Waals surface area contributed by atoms with Crippen molar-refractivity contribution in [2.75, 3.05) is 6.26 Å². The summed E-state index contributed by atoms with van der Waals surface area (Å²) >= 11 is 0. The number of rotatable bonds is 12. The highest BCUT2D eigenvalue weighted by Gasteiger charge is 2.23. The molecule has 0 radical (unpaired) electrons. The number of alkyl halides is 2.